The number of nitrogens with zero attached hydrogens (tertiary/aromatic N) is 2. The topological polar surface area (TPSA) is 87.2 Å². The summed E-state index contributed by atoms with van der Waals surface area (Å²) in [5, 5.41) is 9.44. The van der Waals surface area contributed by atoms with E-state index in [1.807, 2.05) is 6.07 Å². The van der Waals surface area contributed by atoms with Crippen molar-refractivity contribution in [1.82, 2.24) is 0 Å². The predicted octanol–water partition coefficient (Wildman–Crippen LogP) is 3.39. The van der Waals surface area contributed by atoms with Gasteiger partial charge in [0.05, 0.1) is 5.25 Å². The number of halogens is 2. The van der Waals surface area contributed by atoms with Crippen molar-refractivity contribution in [3.63, 3.8) is 0 Å². The number of thioether (sulfide) groups is 1. The molecule has 8 heteroatoms. The Morgan fingerprint density at radius 1 is 1.30 bits per heavy atom. The molecule has 0 aliphatic carbocycles. The zero-order chi connectivity index (χ0) is 19.6. The molecule has 3 rings (SSSR count). The van der Waals surface area contributed by atoms with Crippen LogP contribution in [0.2, 0.25) is 5.02 Å². The van der Waals surface area contributed by atoms with Crippen molar-refractivity contribution >= 4 is 40.9 Å². The van der Waals surface area contributed by atoms with Gasteiger partial charge < -0.3 is 5.73 Å². The first kappa shape index (κ1) is 19.0. The van der Waals surface area contributed by atoms with Crippen molar-refractivity contribution in [2.45, 2.75) is 11.7 Å². The second kappa shape index (κ2) is 7.82. The van der Waals surface area contributed by atoms with Crippen molar-refractivity contribution in [1.29, 1.82) is 5.26 Å². The van der Waals surface area contributed by atoms with E-state index in [1.54, 1.807) is 24.3 Å². The smallest absolute Gasteiger partial charge is 0.262 e. The van der Waals surface area contributed by atoms with Crippen LogP contribution in [-0.4, -0.2) is 17.1 Å². The van der Waals surface area contributed by atoms with Crippen molar-refractivity contribution in [2.75, 3.05) is 4.90 Å². The fraction of sp³-hybridized carbons (Fsp3) is 0.105. The van der Waals surface area contributed by atoms with E-state index in [-0.39, 0.29) is 16.5 Å². The highest BCUT2D eigenvalue weighted by Gasteiger charge is 2.40. The molecule has 0 radical (unpaired) electrons. The van der Waals surface area contributed by atoms with Crippen LogP contribution in [-0.2, 0) is 16.0 Å². The summed E-state index contributed by atoms with van der Waals surface area (Å²) < 4.78 is 13.3. The van der Waals surface area contributed by atoms with E-state index >= 15 is 0 Å². The summed E-state index contributed by atoms with van der Waals surface area (Å²) in [6, 6.07) is 14.1. The molecule has 27 heavy (non-hydrogen) atoms. The van der Waals surface area contributed by atoms with E-state index in [9.17, 15) is 19.2 Å². The molecule has 5 nitrogen and oxygen atoms in total. The molecule has 2 amide bonds. The number of hydrogen-bond acceptors (Lipinski definition) is 4. The Hall–Kier alpha value is -2.82. The van der Waals surface area contributed by atoms with E-state index in [1.165, 1.54) is 29.2 Å². The lowest BCUT2D eigenvalue weighted by Gasteiger charge is -2.18. The molecule has 2 aromatic rings. The number of hydrogen-bond donors (Lipinski definition) is 1. The third kappa shape index (κ3) is 3.97. The number of benzene rings is 2. The first-order valence-corrected chi connectivity index (χ1v) is 9.11. The molecule has 0 spiro atoms. The summed E-state index contributed by atoms with van der Waals surface area (Å²) in [5.74, 6) is -1.71. The molecule has 0 aromatic heterocycles. The van der Waals surface area contributed by atoms with Gasteiger partial charge in [-0.15, -0.1) is 0 Å². The number of primary amides is 1. The molecule has 1 heterocycles. The SMILES string of the molecule is N#C/C(C(N)=O)=C1\S[C@H](Cc2cccc(Cl)c2)C(=O)N1c1ccc(F)cc1. The van der Waals surface area contributed by atoms with Crippen molar-refractivity contribution in [2.24, 2.45) is 5.73 Å². The maximum absolute atomic E-state index is 13.3. The van der Waals surface area contributed by atoms with Crippen LogP contribution in [0.5, 0.6) is 0 Å². The minimum Gasteiger partial charge on any atom is -0.365 e. The van der Waals surface area contributed by atoms with Gasteiger partial charge in [-0.1, -0.05) is 35.5 Å². The molecular weight excluding hydrogens is 389 g/mol. The van der Waals surface area contributed by atoms with Crippen LogP contribution in [0, 0.1) is 17.1 Å². The van der Waals surface area contributed by atoms with Crippen LogP contribution < -0.4 is 10.6 Å². The van der Waals surface area contributed by atoms with Gasteiger partial charge in [-0.25, -0.2) is 4.39 Å². The maximum Gasteiger partial charge on any atom is 0.262 e. The van der Waals surface area contributed by atoms with Gasteiger partial charge in [0, 0.05) is 10.7 Å². The van der Waals surface area contributed by atoms with Crippen molar-refractivity contribution < 1.29 is 14.0 Å². The van der Waals surface area contributed by atoms with Gasteiger partial charge in [0.2, 0.25) is 5.91 Å². The Morgan fingerprint density at radius 3 is 2.59 bits per heavy atom. The number of amides is 2. The molecule has 1 fully saturated rings. The first-order chi connectivity index (χ1) is 12.9. The van der Waals surface area contributed by atoms with Crippen LogP contribution >= 0.6 is 23.4 Å². The van der Waals surface area contributed by atoms with Gasteiger partial charge in [0.15, 0.2) is 0 Å². The molecule has 2 aromatic carbocycles. The Labute approximate surface area is 164 Å². The zero-order valence-electron chi connectivity index (χ0n) is 13.9. The van der Waals surface area contributed by atoms with Crippen LogP contribution in [0.15, 0.2) is 59.1 Å². The highest BCUT2D eigenvalue weighted by Crippen LogP contribution is 2.41. The van der Waals surface area contributed by atoms with Gasteiger partial charge in [0.1, 0.15) is 22.5 Å². The molecule has 1 aliphatic rings. The molecule has 0 unspecified atom stereocenters. The molecule has 1 saturated heterocycles. The monoisotopic (exact) mass is 401 g/mol. The lowest BCUT2D eigenvalue weighted by molar-refractivity contribution is -0.117. The van der Waals surface area contributed by atoms with Crippen LogP contribution in [0.25, 0.3) is 0 Å². The molecule has 1 aliphatic heterocycles. The van der Waals surface area contributed by atoms with Crippen LogP contribution in [0.3, 0.4) is 0 Å². The summed E-state index contributed by atoms with van der Waals surface area (Å²) in [7, 11) is 0. The van der Waals surface area contributed by atoms with Crippen molar-refractivity contribution in [3.05, 3.63) is 75.5 Å². The number of nitrogens with two attached hydrogens (primary N) is 1. The molecule has 1 atom stereocenters. The average molecular weight is 402 g/mol. The quantitative estimate of drug-likeness (QED) is 0.628. The van der Waals surface area contributed by atoms with Gasteiger partial charge in [-0.2, -0.15) is 5.26 Å². The summed E-state index contributed by atoms with van der Waals surface area (Å²) >= 11 is 7.08. The Balaban J connectivity index is 2.03. The van der Waals surface area contributed by atoms with Crippen LogP contribution in [0.4, 0.5) is 10.1 Å². The Morgan fingerprint density at radius 2 is 2.00 bits per heavy atom. The van der Waals surface area contributed by atoms with Gasteiger partial charge >= 0.3 is 0 Å². The van der Waals surface area contributed by atoms with E-state index in [0.717, 1.165) is 17.3 Å². The summed E-state index contributed by atoms with van der Waals surface area (Å²) in [6.45, 7) is 0. The van der Waals surface area contributed by atoms with E-state index in [2.05, 4.69) is 0 Å². The molecule has 136 valence electrons. The average Bonchev–Trinajstić information content (AvgIpc) is 2.92. The molecule has 2 N–H and O–H groups in total. The lowest BCUT2D eigenvalue weighted by Crippen LogP contribution is -2.31. The minimum absolute atomic E-state index is 0.147. The van der Waals surface area contributed by atoms with Gasteiger partial charge in [-0.3, -0.25) is 14.5 Å². The number of anilines is 1. The fourth-order valence-electron chi connectivity index (χ4n) is 2.70. The largest absolute Gasteiger partial charge is 0.365 e. The second-order valence-corrected chi connectivity index (χ2v) is 7.37. The van der Waals surface area contributed by atoms with E-state index in [0.29, 0.717) is 17.1 Å². The van der Waals surface area contributed by atoms with Crippen molar-refractivity contribution in [3.8, 4) is 6.07 Å². The molecular formula is C19H13ClFN3O2S. The first-order valence-electron chi connectivity index (χ1n) is 7.85. The third-order valence-electron chi connectivity index (χ3n) is 3.92. The standard InChI is InChI=1S/C19H13ClFN3O2S/c20-12-3-1-2-11(8-12)9-16-18(26)24(14-6-4-13(21)5-7-14)19(27-16)15(10-22)17(23)25/h1-8,16H,9H2,(H2,23,25)/b19-15+/t16-/m1/s1. The number of nitriles is 1. The zero-order valence-corrected chi connectivity index (χ0v) is 15.4. The number of carbonyl (C=O) groups is 2. The van der Waals surface area contributed by atoms with Gasteiger partial charge in [0.25, 0.3) is 5.91 Å². The maximum atomic E-state index is 13.3. The number of carbonyl (C=O) groups excluding carboxylic acids is 2. The highest BCUT2D eigenvalue weighted by molar-refractivity contribution is 8.05. The number of rotatable bonds is 4. The second-order valence-electron chi connectivity index (χ2n) is 5.75. The van der Waals surface area contributed by atoms with E-state index in [4.69, 9.17) is 17.3 Å². The fourth-order valence-corrected chi connectivity index (χ4v) is 4.23. The summed E-state index contributed by atoms with van der Waals surface area (Å²) in [4.78, 5) is 25.9. The van der Waals surface area contributed by atoms with E-state index < -0.39 is 17.0 Å². The minimum atomic E-state index is -0.927. The Kier molecular flexibility index (Phi) is 5.49. The predicted molar refractivity (Wildman–Crippen MR) is 102 cm³/mol. The summed E-state index contributed by atoms with van der Waals surface area (Å²) in [5.41, 5.74) is 6.19. The molecule has 0 bridgehead atoms. The summed E-state index contributed by atoms with van der Waals surface area (Å²) in [6.07, 6.45) is 0.350. The van der Waals surface area contributed by atoms with Gasteiger partial charge in [-0.05, 0) is 48.4 Å². The van der Waals surface area contributed by atoms with Crippen LogP contribution in [0.1, 0.15) is 5.56 Å². The third-order valence-corrected chi connectivity index (χ3v) is 5.42. The molecule has 0 saturated carbocycles. The Bertz CT molecular complexity index is 985. The lowest BCUT2D eigenvalue weighted by atomic mass is 10.1. The highest BCUT2D eigenvalue weighted by atomic mass is 35.5. The normalized spacial score (nSPS) is 18.3.